The summed E-state index contributed by atoms with van der Waals surface area (Å²) in [6.07, 6.45) is 1.96. The van der Waals surface area contributed by atoms with Crippen LogP contribution in [0.3, 0.4) is 0 Å². The molecule has 0 saturated heterocycles. The van der Waals surface area contributed by atoms with E-state index in [1.165, 1.54) is 5.56 Å². The first-order chi connectivity index (χ1) is 7.35. The molecule has 1 aliphatic heterocycles. The molecule has 0 aromatic heterocycles. The maximum absolute atomic E-state index is 6.11. The lowest BCUT2D eigenvalue weighted by molar-refractivity contribution is 0.251. The molecule has 0 amide bonds. The summed E-state index contributed by atoms with van der Waals surface area (Å²) in [5.41, 5.74) is 8.14. The highest BCUT2D eigenvalue weighted by Gasteiger charge is 2.25. The van der Waals surface area contributed by atoms with E-state index in [1.807, 2.05) is 26.0 Å². The number of halogens is 1. The lowest BCUT2D eigenvalue weighted by atomic mass is 9.94. The highest BCUT2D eigenvalue weighted by atomic mass is 35.5. The Kier molecular flexibility index (Phi) is 2.89. The summed E-state index contributed by atoms with van der Waals surface area (Å²) in [4.78, 5) is 0. The Labute approximate surface area is 102 Å². The van der Waals surface area contributed by atoms with Gasteiger partial charge in [-0.2, -0.15) is 0 Å². The largest absolute Gasteiger partial charge is 0.490 e. The van der Waals surface area contributed by atoms with Crippen LogP contribution in [0, 0.1) is 0 Å². The first kappa shape index (κ1) is 11.7. The van der Waals surface area contributed by atoms with Crippen molar-refractivity contribution in [1.82, 2.24) is 0 Å². The molecule has 2 rings (SSSR count). The molecule has 1 heterocycles. The van der Waals surface area contributed by atoms with Gasteiger partial charge in [0.05, 0.1) is 0 Å². The maximum atomic E-state index is 6.11. The van der Waals surface area contributed by atoms with Gasteiger partial charge in [-0.05, 0) is 50.5 Å². The Balaban J connectivity index is 2.39. The Morgan fingerprint density at radius 2 is 2.19 bits per heavy atom. The van der Waals surface area contributed by atoms with Crippen molar-refractivity contribution in [3.8, 4) is 5.75 Å². The lowest BCUT2D eigenvalue weighted by Gasteiger charge is -2.20. The van der Waals surface area contributed by atoms with Gasteiger partial charge in [0.2, 0.25) is 0 Å². The van der Waals surface area contributed by atoms with Crippen molar-refractivity contribution in [2.24, 2.45) is 5.73 Å². The molecule has 1 unspecified atom stereocenters. The molecule has 1 aromatic carbocycles. The number of hydrogen-bond donors (Lipinski definition) is 1. The molecule has 2 nitrogen and oxygen atoms in total. The molecule has 2 N–H and O–H groups in total. The van der Waals surface area contributed by atoms with E-state index in [-0.39, 0.29) is 11.6 Å². The molecule has 3 heteroatoms. The van der Waals surface area contributed by atoms with Gasteiger partial charge in [0.1, 0.15) is 11.9 Å². The van der Waals surface area contributed by atoms with Crippen molar-refractivity contribution in [2.45, 2.75) is 45.3 Å². The van der Waals surface area contributed by atoms with Crippen LogP contribution in [-0.2, 0) is 12.8 Å². The van der Waals surface area contributed by atoms with Crippen LogP contribution in [0.5, 0.6) is 5.75 Å². The second-order valence-electron chi connectivity index (χ2n) is 5.35. The highest BCUT2D eigenvalue weighted by Crippen LogP contribution is 2.36. The van der Waals surface area contributed by atoms with Crippen molar-refractivity contribution in [3.63, 3.8) is 0 Å². The van der Waals surface area contributed by atoms with Crippen molar-refractivity contribution >= 4 is 11.6 Å². The van der Waals surface area contributed by atoms with Crippen LogP contribution in [-0.4, -0.2) is 11.6 Å². The van der Waals surface area contributed by atoms with Crippen molar-refractivity contribution < 1.29 is 4.74 Å². The fourth-order valence-corrected chi connectivity index (χ4v) is 2.45. The quantitative estimate of drug-likeness (QED) is 0.861. The van der Waals surface area contributed by atoms with Gasteiger partial charge in [-0.15, -0.1) is 0 Å². The second-order valence-corrected chi connectivity index (χ2v) is 5.79. The van der Waals surface area contributed by atoms with E-state index < -0.39 is 0 Å². The van der Waals surface area contributed by atoms with E-state index in [0.29, 0.717) is 0 Å². The standard InChI is InChI=1S/C13H18ClNO/c1-8-4-9-5-11(14)6-10(12(9)16-8)7-13(2,3)15/h5-6,8H,4,7,15H2,1-3H3. The number of fused-ring (bicyclic) bond motifs is 1. The van der Waals surface area contributed by atoms with Crippen molar-refractivity contribution in [3.05, 3.63) is 28.3 Å². The fourth-order valence-electron chi connectivity index (χ4n) is 2.19. The Morgan fingerprint density at radius 3 is 2.81 bits per heavy atom. The zero-order chi connectivity index (χ0) is 11.9. The summed E-state index contributed by atoms with van der Waals surface area (Å²) in [6, 6.07) is 3.96. The van der Waals surface area contributed by atoms with Gasteiger partial charge in [-0.1, -0.05) is 11.6 Å². The van der Waals surface area contributed by atoms with E-state index >= 15 is 0 Å². The van der Waals surface area contributed by atoms with Gasteiger partial charge in [0.15, 0.2) is 0 Å². The Morgan fingerprint density at radius 1 is 1.50 bits per heavy atom. The minimum absolute atomic E-state index is 0.242. The number of hydrogen-bond acceptors (Lipinski definition) is 2. The van der Waals surface area contributed by atoms with Gasteiger partial charge >= 0.3 is 0 Å². The molecular formula is C13H18ClNO. The molecule has 1 aliphatic rings. The zero-order valence-electron chi connectivity index (χ0n) is 10.0. The highest BCUT2D eigenvalue weighted by molar-refractivity contribution is 6.30. The summed E-state index contributed by atoms with van der Waals surface area (Å²) >= 11 is 6.11. The summed E-state index contributed by atoms with van der Waals surface area (Å²) in [7, 11) is 0. The molecule has 1 atom stereocenters. The zero-order valence-corrected chi connectivity index (χ0v) is 10.8. The normalized spacial score (nSPS) is 19.4. The van der Waals surface area contributed by atoms with Crippen LogP contribution in [0.15, 0.2) is 12.1 Å². The van der Waals surface area contributed by atoms with Crippen LogP contribution in [0.25, 0.3) is 0 Å². The molecule has 0 saturated carbocycles. The number of benzene rings is 1. The second kappa shape index (κ2) is 3.94. The number of nitrogens with two attached hydrogens (primary N) is 1. The molecule has 0 spiro atoms. The molecule has 0 fully saturated rings. The van der Waals surface area contributed by atoms with Crippen LogP contribution in [0.1, 0.15) is 31.9 Å². The number of rotatable bonds is 2. The first-order valence-electron chi connectivity index (χ1n) is 5.62. The summed E-state index contributed by atoms with van der Waals surface area (Å²) in [5.74, 6) is 0.996. The van der Waals surface area contributed by atoms with E-state index in [2.05, 4.69) is 6.92 Å². The van der Waals surface area contributed by atoms with Gasteiger partial charge in [-0.3, -0.25) is 0 Å². The first-order valence-corrected chi connectivity index (χ1v) is 6.00. The third kappa shape index (κ3) is 2.50. The Bertz CT molecular complexity index is 409. The topological polar surface area (TPSA) is 35.2 Å². The number of ether oxygens (including phenoxy) is 1. The van der Waals surface area contributed by atoms with Crippen LogP contribution in [0.4, 0.5) is 0 Å². The molecule has 0 bridgehead atoms. The monoisotopic (exact) mass is 239 g/mol. The van der Waals surface area contributed by atoms with E-state index in [4.69, 9.17) is 22.1 Å². The fraction of sp³-hybridized carbons (Fsp3) is 0.538. The minimum Gasteiger partial charge on any atom is -0.490 e. The van der Waals surface area contributed by atoms with Gasteiger partial charge in [0, 0.05) is 17.0 Å². The predicted octanol–water partition coefficient (Wildman–Crippen LogP) is 2.94. The Hall–Kier alpha value is -0.730. The molecule has 88 valence electrons. The molecule has 16 heavy (non-hydrogen) atoms. The SMILES string of the molecule is CC1Cc2cc(Cl)cc(CC(C)(C)N)c2O1. The summed E-state index contributed by atoms with van der Waals surface area (Å²) in [5, 5.41) is 0.774. The van der Waals surface area contributed by atoms with E-state index in [0.717, 1.165) is 29.2 Å². The predicted molar refractivity (Wildman–Crippen MR) is 67.2 cm³/mol. The lowest BCUT2D eigenvalue weighted by Crippen LogP contribution is -2.34. The smallest absolute Gasteiger partial charge is 0.126 e. The average molecular weight is 240 g/mol. The maximum Gasteiger partial charge on any atom is 0.126 e. The third-order valence-corrected chi connectivity index (χ3v) is 2.90. The van der Waals surface area contributed by atoms with Crippen molar-refractivity contribution in [2.75, 3.05) is 0 Å². The van der Waals surface area contributed by atoms with Gasteiger partial charge in [-0.25, -0.2) is 0 Å². The average Bonchev–Trinajstić information content (AvgIpc) is 2.42. The van der Waals surface area contributed by atoms with E-state index in [9.17, 15) is 0 Å². The minimum atomic E-state index is -0.242. The van der Waals surface area contributed by atoms with E-state index in [1.54, 1.807) is 0 Å². The summed E-state index contributed by atoms with van der Waals surface area (Å²) < 4.78 is 5.82. The molecular weight excluding hydrogens is 222 g/mol. The third-order valence-electron chi connectivity index (χ3n) is 2.68. The molecule has 0 radical (unpaired) electrons. The van der Waals surface area contributed by atoms with Crippen LogP contribution < -0.4 is 10.5 Å². The molecule has 1 aromatic rings. The van der Waals surface area contributed by atoms with Crippen molar-refractivity contribution in [1.29, 1.82) is 0 Å². The van der Waals surface area contributed by atoms with Gasteiger partial charge < -0.3 is 10.5 Å². The van der Waals surface area contributed by atoms with Gasteiger partial charge in [0.25, 0.3) is 0 Å². The van der Waals surface area contributed by atoms with Crippen LogP contribution >= 0.6 is 11.6 Å². The van der Waals surface area contributed by atoms with Crippen LogP contribution in [0.2, 0.25) is 5.02 Å². The molecule has 0 aliphatic carbocycles. The summed E-state index contributed by atoms with van der Waals surface area (Å²) in [6.45, 7) is 6.10.